The van der Waals surface area contributed by atoms with E-state index in [2.05, 4.69) is 9.97 Å². The molecule has 25 heavy (non-hydrogen) atoms. The summed E-state index contributed by atoms with van der Waals surface area (Å²) in [4.78, 5) is 8.12. The molecular weight excluding hydrogens is 340 g/mol. The van der Waals surface area contributed by atoms with Crippen molar-refractivity contribution in [2.45, 2.75) is 0 Å². The molecule has 0 radical (unpaired) electrons. The van der Waals surface area contributed by atoms with Crippen LogP contribution in [0.25, 0.3) is 0 Å². The normalized spacial score (nSPS) is 9.72. The van der Waals surface area contributed by atoms with E-state index in [4.69, 9.17) is 31.6 Å². The van der Waals surface area contributed by atoms with Crippen LogP contribution in [0.4, 0.5) is 0 Å². The number of hydrogen-bond donors (Lipinski definition) is 0. The third kappa shape index (κ3) is 4.23. The lowest BCUT2D eigenvalue weighted by Gasteiger charge is -2.08. The highest BCUT2D eigenvalue weighted by atomic mass is 35.5. The lowest BCUT2D eigenvalue weighted by Crippen LogP contribution is -1.95. The lowest BCUT2D eigenvalue weighted by molar-refractivity contribution is 0.411. The molecule has 7 heteroatoms. The molecule has 3 rings (SSSR count). The van der Waals surface area contributed by atoms with Crippen molar-refractivity contribution in [1.82, 2.24) is 9.97 Å². The van der Waals surface area contributed by atoms with Gasteiger partial charge < -0.3 is 9.47 Å². The molecule has 3 aromatic rings. The molecule has 0 aliphatic rings. The molecule has 0 spiro atoms. The average Bonchev–Trinajstić information content (AvgIpc) is 2.62. The fourth-order valence-corrected chi connectivity index (χ4v) is 2.06. The molecule has 0 aliphatic heterocycles. The van der Waals surface area contributed by atoms with Crippen LogP contribution in [-0.4, -0.2) is 9.97 Å². The number of hydrogen-bond acceptors (Lipinski definition) is 6. The summed E-state index contributed by atoms with van der Waals surface area (Å²) in [5.74, 6) is 1.16. The van der Waals surface area contributed by atoms with E-state index >= 15 is 0 Å². The van der Waals surface area contributed by atoms with Crippen molar-refractivity contribution in [3.05, 3.63) is 70.9 Å². The van der Waals surface area contributed by atoms with Crippen LogP contribution >= 0.6 is 11.6 Å². The predicted molar refractivity (Wildman–Crippen MR) is 89.5 cm³/mol. The summed E-state index contributed by atoms with van der Waals surface area (Å²) in [5, 5.41) is 17.8. The standard InChI is InChI=1S/C18H9ClN4O2/c19-16-9-17(24-14-5-1-12(10-20)2-6-14)23-18(22-16)25-15-7-3-13(11-21)4-8-15/h1-9H. The number of halogens is 1. The maximum atomic E-state index is 8.80. The number of aromatic nitrogens is 2. The van der Waals surface area contributed by atoms with Gasteiger partial charge in [0.25, 0.3) is 0 Å². The molecule has 0 saturated heterocycles. The molecule has 120 valence electrons. The largest absolute Gasteiger partial charge is 0.439 e. The van der Waals surface area contributed by atoms with E-state index in [1.807, 2.05) is 12.1 Å². The Morgan fingerprint density at radius 2 is 1.28 bits per heavy atom. The van der Waals surface area contributed by atoms with Gasteiger partial charge in [-0.05, 0) is 48.5 Å². The first-order chi connectivity index (χ1) is 12.2. The molecule has 0 saturated carbocycles. The number of nitrogens with zero attached hydrogens (tertiary/aromatic N) is 4. The second kappa shape index (κ2) is 7.31. The zero-order valence-electron chi connectivity index (χ0n) is 12.7. The zero-order chi connectivity index (χ0) is 17.6. The van der Waals surface area contributed by atoms with Crippen LogP contribution in [0.5, 0.6) is 23.4 Å². The van der Waals surface area contributed by atoms with E-state index in [1.54, 1.807) is 48.5 Å². The highest BCUT2D eigenvalue weighted by Gasteiger charge is 2.08. The van der Waals surface area contributed by atoms with Gasteiger partial charge in [0.1, 0.15) is 16.7 Å². The highest BCUT2D eigenvalue weighted by Crippen LogP contribution is 2.26. The first-order valence-electron chi connectivity index (χ1n) is 7.07. The quantitative estimate of drug-likeness (QED) is 0.646. The summed E-state index contributed by atoms with van der Waals surface area (Å²) < 4.78 is 11.1. The Kier molecular flexibility index (Phi) is 4.75. The average molecular weight is 349 g/mol. The molecule has 1 aromatic heterocycles. The van der Waals surface area contributed by atoms with Gasteiger partial charge in [-0.15, -0.1) is 0 Å². The summed E-state index contributed by atoms with van der Waals surface area (Å²) in [6, 6.07) is 18.6. The number of benzene rings is 2. The van der Waals surface area contributed by atoms with Gasteiger partial charge in [0, 0.05) is 6.07 Å². The van der Waals surface area contributed by atoms with Crippen molar-refractivity contribution >= 4 is 11.6 Å². The Morgan fingerprint density at radius 3 is 1.80 bits per heavy atom. The smallest absolute Gasteiger partial charge is 0.326 e. The maximum Gasteiger partial charge on any atom is 0.326 e. The summed E-state index contributed by atoms with van der Waals surface area (Å²) in [5.41, 5.74) is 1.04. The van der Waals surface area contributed by atoms with Crippen LogP contribution in [0.2, 0.25) is 5.15 Å². The first-order valence-corrected chi connectivity index (χ1v) is 7.45. The van der Waals surface area contributed by atoms with Gasteiger partial charge in [-0.2, -0.15) is 20.5 Å². The van der Waals surface area contributed by atoms with Crippen LogP contribution in [0.1, 0.15) is 11.1 Å². The van der Waals surface area contributed by atoms with Crippen molar-refractivity contribution in [1.29, 1.82) is 10.5 Å². The van der Waals surface area contributed by atoms with Gasteiger partial charge in [-0.25, -0.2) is 0 Å². The Hall–Kier alpha value is -3.61. The van der Waals surface area contributed by atoms with Crippen molar-refractivity contribution in [2.24, 2.45) is 0 Å². The van der Waals surface area contributed by atoms with Crippen LogP contribution in [0.3, 0.4) is 0 Å². The van der Waals surface area contributed by atoms with Crippen LogP contribution in [0.15, 0.2) is 54.6 Å². The minimum Gasteiger partial charge on any atom is -0.439 e. The lowest BCUT2D eigenvalue weighted by atomic mass is 10.2. The minimum atomic E-state index is 0.0147. The molecule has 6 nitrogen and oxygen atoms in total. The zero-order valence-corrected chi connectivity index (χ0v) is 13.4. The molecule has 1 heterocycles. The maximum absolute atomic E-state index is 8.80. The molecule has 0 aliphatic carbocycles. The second-order valence-corrected chi connectivity index (χ2v) is 5.18. The molecule has 0 fully saturated rings. The second-order valence-electron chi connectivity index (χ2n) is 4.79. The predicted octanol–water partition coefficient (Wildman–Crippen LogP) is 4.46. The van der Waals surface area contributed by atoms with Crippen LogP contribution in [0, 0.1) is 22.7 Å². The van der Waals surface area contributed by atoms with E-state index < -0.39 is 0 Å². The SMILES string of the molecule is N#Cc1ccc(Oc2cc(Cl)nc(Oc3ccc(C#N)cc3)n2)cc1. The fraction of sp³-hybridized carbons (Fsp3) is 0. The molecule has 0 unspecified atom stereocenters. The van der Waals surface area contributed by atoms with Crippen molar-refractivity contribution in [2.75, 3.05) is 0 Å². The number of nitriles is 2. The van der Waals surface area contributed by atoms with E-state index in [1.165, 1.54) is 6.07 Å². The fourth-order valence-electron chi connectivity index (χ4n) is 1.90. The van der Waals surface area contributed by atoms with E-state index in [-0.39, 0.29) is 17.0 Å². The van der Waals surface area contributed by atoms with Gasteiger partial charge in [0.15, 0.2) is 0 Å². The molecule has 0 atom stereocenters. The topological polar surface area (TPSA) is 91.8 Å². The van der Waals surface area contributed by atoms with Gasteiger partial charge in [-0.1, -0.05) is 11.6 Å². The summed E-state index contributed by atoms with van der Waals surface area (Å²) in [6.07, 6.45) is 0. The van der Waals surface area contributed by atoms with Gasteiger partial charge in [0.2, 0.25) is 5.88 Å². The molecule has 2 aromatic carbocycles. The Bertz CT molecular complexity index is 896. The number of ether oxygens (including phenoxy) is 2. The first kappa shape index (κ1) is 16.3. The molecule has 0 N–H and O–H groups in total. The third-order valence-electron chi connectivity index (χ3n) is 3.05. The van der Waals surface area contributed by atoms with Crippen LogP contribution in [-0.2, 0) is 0 Å². The van der Waals surface area contributed by atoms with Gasteiger partial charge >= 0.3 is 6.01 Å². The monoisotopic (exact) mass is 348 g/mol. The van der Waals surface area contributed by atoms with Crippen molar-refractivity contribution < 1.29 is 9.47 Å². The Labute approximate surface area is 148 Å². The molecule has 0 amide bonds. The highest BCUT2D eigenvalue weighted by molar-refractivity contribution is 6.29. The summed E-state index contributed by atoms with van der Waals surface area (Å²) >= 11 is 5.98. The Morgan fingerprint density at radius 1 is 0.760 bits per heavy atom. The van der Waals surface area contributed by atoms with Crippen molar-refractivity contribution in [3.8, 4) is 35.5 Å². The molecule has 0 bridgehead atoms. The van der Waals surface area contributed by atoms with E-state index in [0.717, 1.165) is 0 Å². The van der Waals surface area contributed by atoms with E-state index in [0.29, 0.717) is 22.6 Å². The summed E-state index contributed by atoms with van der Waals surface area (Å²) in [6.45, 7) is 0. The minimum absolute atomic E-state index is 0.0147. The van der Waals surface area contributed by atoms with Crippen LogP contribution < -0.4 is 9.47 Å². The van der Waals surface area contributed by atoms with Gasteiger partial charge in [-0.3, -0.25) is 0 Å². The van der Waals surface area contributed by atoms with E-state index in [9.17, 15) is 0 Å². The van der Waals surface area contributed by atoms with Crippen molar-refractivity contribution in [3.63, 3.8) is 0 Å². The number of rotatable bonds is 4. The van der Waals surface area contributed by atoms with Gasteiger partial charge in [0.05, 0.1) is 23.3 Å². The molecular formula is C18H9ClN4O2. The third-order valence-corrected chi connectivity index (χ3v) is 3.24. The summed E-state index contributed by atoms with van der Waals surface area (Å²) in [7, 11) is 0. The Balaban J connectivity index is 1.79.